The molecule has 0 radical (unpaired) electrons. The van der Waals surface area contributed by atoms with Gasteiger partial charge in [-0.3, -0.25) is 0 Å². The highest BCUT2D eigenvalue weighted by molar-refractivity contribution is 7.16. The molecule has 1 aromatic carbocycles. The van der Waals surface area contributed by atoms with E-state index in [1.807, 2.05) is 18.2 Å². The summed E-state index contributed by atoms with van der Waals surface area (Å²) in [5.41, 5.74) is 1.00. The molecule has 0 aliphatic carbocycles. The van der Waals surface area contributed by atoms with Crippen molar-refractivity contribution in [1.82, 2.24) is 5.32 Å². The quantitative estimate of drug-likeness (QED) is 0.905. The Hall–Kier alpha value is -1.03. The van der Waals surface area contributed by atoms with Crippen molar-refractivity contribution in [3.63, 3.8) is 0 Å². The van der Waals surface area contributed by atoms with Gasteiger partial charge in [-0.15, -0.1) is 11.3 Å². The maximum absolute atomic E-state index is 6.02. The number of ether oxygens (including phenoxy) is 1. The van der Waals surface area contributed by atoms with Gasteiger partial charge in [-0.25, -0.2) is 0 Å². The lowest BCUT2D eigenvalue weighted by atomic mass is 9.94. The fraction of sp³-hybridized carbons (Fsp3) is 0.333. The zero-order chi connectivity index (χ0) is 13.5. The summed E-state index contributed by atoms with van der Waals surface area (Å²) < 4.78 is 6.85. The van der Waals surface area contributed by atoms with E-state index in [1.165, 1.54) is 10.4 Å². The predicted molar refractivity (Wildman–Crippen MR) is 80.1 cm³/mol. The topological polar surface area (TPSA) is 21.3 Å². The van der Waals surface area contributed by atoms with Gasteiger partial charge < -0.3 is 10.1 Å². The minimum absolute atomic E-state index is 0.199. The summed E-state index contributed by atoms with van der Waals surface area (Å²) >= 11 is 7.57. The second-order valence-corrected chi connectivity index (χ2v) is 7.06. The summed E-state index contributed by atoms with van der Waals surface area (Å²) in [6, 6.07) is 12.4. The minimum atomic E-state index is -0.231. The molecule has 1 N–H and O–H groups in total. The van der Waals surface area contributed by atoms with Gasteiger partial charge >= 0.3 is 0 Å². The van der Waals surface area contributed by atoms with Gasteiger partial charge in [0.25, 0.3) is 0 Å². The number of hydrogen-bond acceptors (Lipinski definition) is 3. The normalized spacial score (nSPS) is 20.1. The first-order chi connectivity index (χ1) is 9.06. The van der Waals surface area contributed by atoms with Gasteiger partial charge in [0.15, 0.2) is 0 Å². The molecular weight excluding hydrogens is 278 g/mol. The number of benzene rings is 1. The molecule has 0 fully saturated rings. The molecule has 1 aliphatic rings. The van der Waals surface area contributed by atoms with E-state index in [9.17, 15) is 0 Å². The Balaban J connectivity index is 1.79. The van der Waals surface area contributed by atoms with Gasteiger partial charge in [0.05, 0.1) is 10.4 Å². The van der Waals surface area contributed by atoms with Gasteiger partial charge in [-0.1, -0.05) is 29.8 Å². The van der Waals surface area contributed by atoms with E-state index >= 15 is 0 Å². The van der Waals surface area contributed by atoms with Crippen molar-refractivity contribution in [3.05, 3.63) is 51.2 Å². The minimum Gasteiger partial charge on any atom is -0.486 e. The molecule has 4 heteroatoms. The first kappa shape index (κ1) is 13.0. The maximum Gasteiger partial charge on any atom is 0.125 e. The number of nitrogens with one attached hydrogen (secondary N) is 1. The van der Waals surface area contributed by atoms with E-state index in [2.05, 4.69) is 37.4 Å². The van der Waals surface area contributed by atoms with Crippen LogP contribution in [-0.2, 0) is 6.54 Å². The summed E-state index contributed by atoms with van der Waals surface area (Å²) in [6.45, 7) is 5.04. The van der Waals surface area contributed by atoms with E-state index in [4.69, 9.17) is 16.3 Å². The number of halogens is 1. The van der Waals surface area contributed by atoms with Gasteiger partial charge in [0.1, 0.15) is 11.4 Å². The van der Waals surface area contributed by atoms with Crippen molar-refractivity contribution in [2.24, 2.45) is 0 Å². The van der Waals surface area contributed by atoms with Crippen LogP contribution in [0.15, 0.2) is 36.4 Å². The molecule has 0 saturated heterocycles. The molecule has 1 unspecified atom stereocenters. The maximum atomic E-state index is 6.02. The third-order valence-corrected chi connectivity index (χ3v) is 4.64. The lowest BCUT2D eigenvalue weighted by molar-refractivity contribution is 0.0959. The smallest absolute Gasteiger partial charge is 0.125 e. The molecular formula is C15H16ClNOS. The Morgan fingerprint density at radius 1 is 1.26 bits per heavy atom. The predicted octanol–water partition coefficient (Wildman–Crippen LogP) is 4.40. The zero-order valence-electron chi connectivity index (χ0n) is 10.9. The first-order valence-corrected chi connectivity index (χ1v) is 7.51. The van der Waals surface area contributed by atoms with Crippen LogP contribution >= 0.6 is 22.9 Å². The van der Waals surface area contributed by atoms with Gasteiger partial charge in [-0.05, 0) is 32.0 Å². The van der Waals surface area contributed by atoms with Crippen molar-refractivity contribution in [2.45, 2.75) is 32.0 Å². The van der Waals surface area contributed by atoms with Crippen LogP contribution in [0.3, 0.4) is 0 Å². The van der Waals surface area contributed by atoms with Crippen molar-refractivity contribution < 1.29 is 4.74 Å². The van der Waals surface area contributed by atoms with E-state index in [1.54, 1.807) is 11.3 Å². The van der Waals surface area contributed by atoms with Crippen molar-refractivity contribution in [1.29, 1.82) is 0 Å². The van der Waals surface area contributed by atoms with Crippen molar-refractivity contribution >= 4 is 22.9 Å². The van der Waals surface area contributed by atoms with E-state index in [0.717, 1.165) is 16.6 Å². The summed E-state index contributed by atoms with van der Waals surface area (Å²) in [6.07, 6.45) is 0. The molecule has 0 saturated carbocycles. The molecule has 1 aromatic heterocycles. The van der Waals surface area contributed by atoms with Crippen LogP contribution in [0.1, 0.15) is 30.3 Å². The van der Waals surface area contributed by atoms with Crippen LogP contribution in [0.4, 0.5) is 0 Å². The lowest BCUT2D eigenvalue weighted by Crippen LogP contribution is -2.38. The molecule has 19 heavy (non-hydrogen) atoms. The molecule has 0 amide bonds. The Morgan fingerprint density at radius 2 is 2.05 bits per heavy atom. The van der Waals surface area contributed by atoms with E-state index in [-0.39, 0.29) is 11.6 Å². The van der Waals surface area contributed by atoms with Crippen LogP contribution in [0.2, 0.25) is 4.34 Å². The fourth-order valence-corrected chi connectivity index (χ4v) is 3.57. The van der Waals surface area contributed by atoms with Crippen LogP contribution in [0.5, 0.6) is 5.75 Å². The Bertz CT molecular complexity index is 593. The highest BCUT2D eigenvalue weighted by atomic mass is 35.5. The standard InChI is InChI=1S/C15H16ClNOS/c1-15(2)14(11-5-3-4-6-12(11)18-15)17-9-10-7-8-13(16)19-10/h3-8,14,17H,9H2,1-2H3. The molecule has 1 aliphatic heterocycles. The van der Waals surface area contributed by atoms with Crippen LogP contribution in [-0.4, -0.2) is 5.60 Å². The first-order valence-electron chi connectivity index (χ1n) is 6.32. The lowest BCUT2D eigenvalue weighted by Gasteiger charge is -2.27. The molecule has 1 atom stereocenters. The van der Waals surface area contributed by atoms with E-state index in [0.29, 0.717) is 0 Å². The average molecular weight is 294 g/mol. The SMILES string of the molecule is CC1(C)Oc2ccccc2C1NCc1ccc(Cl)s1. The Labute approximate surface area is 122 Å². The molecule has 0 spiro atoms. The molecule has 100 valence electrons. The molecule has 2 heterocycles. The van der Waals surface area contributed by atoms with Gasteiger partial charge in [-0.2, -0.15) is 0 Å². The summed E-state index contributed by atoms with van der Waals surface area (Å²) in [7, 11) is 0. The molecule has 0 bridgehead atoms. The number of rotatable bonds is 3. The average Bonchev–Trinajstić information content (AvgIpc) is 2.87. The number of para-hydroxylation sites is 1. The van der Waals surface area contributed by atoms with E-state index < -0.39 is 0 Å². The highest BCUT2D eigenvalue weighted by Gasteiger charge is 2.40. The second-order valence-electron chi connectivity index (χ2n) is 5.26. The van der Waals surface area contributed by atoms with Crippen LogP contribution in [0.25, 0.3) is 0 Å². The monoisotopic (exact) mass is 293 g/mol. The molecule has 2 nitrogen and oxygen atoms in total. The number of fused-ring (bicyclic) bond motifs is 1. The molecule has 2 aromatic rings. The Kier molecular flexibility index (Phi) is 3.29. The van der Waals surface area contributed by atoms with Gasteiger partial charge in [0.2, 0.25) is 0 Å². The van der Waals surface area contributed by atoms with Crippen LogP contribution in [0, 0.1) is 0 Å². The third kappa shape index (κ3) is 2.50. The summed E-state index contributed by atoms with van der Waals surface area (Å²) in [5.74, 6) is 0.981. The fourth-order valence-electron chi connectivity index (χ4n) is 2.53. The Morgan fingerprint density at radius 3 is 2.79 bits per heavy atom. The van der Waals surface area contributed by atoms with Gasteiger partial charge in [0, 0.05) is 17.0 Å². The second kappa shape index (κ2) is 4.82. The third-order valence-electron chi connectivity index (χ3n) is 3.41. The van der Waals surface area contributed by atoms with Crippen molar-refractivity contribution in [2.75, 3.05) is 0 Å². The number of thiophene rings is 1. The van der Waals surface area contributed by atoms with Crippen LogP contribution < -0.4 is 10.1 Å². The summed E-state index contributed by atoms with van der Waals surface area (Å²) in [4.78, 5) is 1.24. The largest absolute Gasteiger partial charge is 0.486 e. The summed E-state index contributed by atoms with van der Waals surface area (Å²) in [5, 5.41) is 3.58. The van der Waals surface area contributed by atoms with Crippen molar-refractivity contribution in [3.8, 4) is 5.75 Å². The zero-order valence-corrected chi connectivity index (χ0v) is 12.5. The number of hydrogen-bond donors (Lipinski definition) is 1. The highest BCUT2D eigenvalue weighted by Crippen LogP contribution is 2.42. The molecule has 3 rings (SSSR count).